The van der Waals surface area contributed by atoms with E-state index in [9.17, 15) is 9.59 Å². The molecule has 4 amide bonds. The molecule has 0 radical (unpaired) electrons. The maximum Gasteiger partial charge on any atom is 0.326 e. The molecule has 30 heavy (non-hydrogen) atoms. The Balaban J connectivity index is 1.48. The van der Waals surface area contributed by atoms with Crippen LogP contribution in [-0.2, 0) is 0 Å². The summed E-state index contributed by atoms with van der Waals surface area (Å²) >= 11 is 0. The van der Waals surface area contributed by atoms with Crippen molar-refractivity contribution in [3.05, 3.63) is 0 Å². The third kappa shape index (κ3) is 2.33. The van der Waals surface area contributed by atoms with Crippen LogP contribution in [0.5, 0.6) is 0 Å². The Morgan fingerprint density at radius 2 is 0.767 bits per heavy atom. The van der Waals surface area contributed by atoms with Gasteiger partial charge in [0.25, 0.3) is 0 Å². The fourth-order valence-corrected chi connectivity index (χ4v) is 6.60. The minimum absolute atomic E-state index is 0.0675. The molecule has 4 atom stereocenters. The minimum Gasteiger partial charge on any atom is -0.284 e. The van der Waals surface area contributed by atoms with E-state index >= 15 is 0 Å². The Kier molecular flexibility index (Phi) is 4.10. The van der Waals surface area contributed by atoms with E-state index in [2.05, 4.69) is 33.4 Å². The Hall–Kier alpha value is -1.62. The molecule has 6 aliphatic rings. The Morgan fingerprint density at radius 3 is 1.03 bits per heavy atom. The molecule has 0 saturated carbocycles. The summed E-state index contributed by atoms with van der Waals surface area (Å²) < 4.78 is 0. The molecule has 6 saturated heterocycles. The van der Waals surface area contributed by atoms with Crippen molar-refractivity contribution in [2.24, 2.45) is 0 Å². The molecule has 4 bridgehead atoms. The molecule has 4 unspecified atom stereocenters. The largest absolute Gasteiger partial charge is 0.326 e. The highest BCUT2D eigenvalue weighted by molar-refractivity contribution is 5.88. The van der Waals surface area contributed by atoms with E-state index in [0.29, 0.717) is 26.7 Å². The molecule has 0 aromatic heterocycles. The number of carbonyl (C=O) groups is 2. The van der Waals surface area contributed by atoms with Crippen molar-refractivity contribution in [1.82, 2.24) is 39.2 Å². The van der Waals surface area contributed by atoms with Gasteiger partial charge in [-0.1, -0.05) is 0 Å². The van der Waals surface area contributed by atoms with Crippen molar-refractivity contribution in [3.63, 3.8) is 0 Å². The molecular formula is C20H34N8O2. The molecule has 6 aliphatic heterocycles. The van der Waals surface area contributed by atoms with Gasteiger partial charge in [0.1, 0.15) is 0 Å². The number of rotatable bonds is 0. The van der Waals surface area contributed by atoms with Gasteiger partial charge in [0, 0.05) is 26.2 Å². The normalized spacial score (nSPS) is 45.9. The van der Waals surface area contributed by atoms with Gasteiger partial charge in [-0.25, -0.2) is 9.59 Å². The Morgan fingerprint density at radius 1 is 0.500 bits per heavy atom. The van der Waals surface area contributed by atoms with Crippen molar-refractivity contribution in [2.75, 3.05) is 66.2 Å². The summed E-state index contributed by atoms with van der Waals surface area (Å²) in [6.45, 7) is 12.2. The topological polar surface area (TPSA) is 60.1 Å². The standard InChI is InChI=1S/C20H34N8O2/c1-19-20(2)27-15-23-9-5-6-10-24(12-23)16-28(20)18(30)26(19)14-22-8-4-3-7-21(11-22)13-25(19)17(27)29/h3-16H2,1-2H3. The average Bonchev–Trinajstić information content (AvgIpc) is 3.00. The third-order valence-corrected chi connectivity index (χ3v) is 8.49. The predicted molar refractivity (Wildman–Crippen MR) is 109 cm³/mol. The summed E-state index contributed by atoms with van der Waals surface area (Å²) in [5, 5.41) is 0. The van der Waals surface area contributed by atoms with Crippen LogP contribution < -0.4 is 0 Å². The minimum atomic E-state index is -0.689. The lowest BCUT2D eigenvalue weighted by Crippen LogP contribution is -2.70. The smallest absolute Gasteiger partial charge is 0.284 e. The highest BCUT2D eigenvalue weighted by Crippen LogP contribution is 2.52. The van der Waals surface area contributed by atoms with E-state index in [1.165, 1.54) is 0 Å². The summed E-state index contributed by atoms with van der Waals surface area (Å²) in [6, 6.07) is 0.135. The first-order valence-corrected chi connectivity index (χ1v) is 11.5. The van der Waals surface area contributed by atoms with E-state index in [1.54, 1.807) is 0 Å². The van der Waals surface area contributed by atoms with Crippen molar-refractivity contribution in [2.45, 2.75) is 50.9 Å². The summed E-state index contributed by atoms with van der Waals surface area (Å²) in [6.07, 6.45) is 4.55. The molecule has 6 rings (SSSR count). The van der Waals surface area contributed by atoms with Crippen LogP contribution in [-0.4, -0.2) is 129 Å². The Labute approximate surface area is 178 Å². The van der Waals surface area contributed by atoms with E-state index in [1.807, 2.05) is 19.6 Å². The number of amides is 4. The van der Waals surface area contributed by atoms with Crippen LogP contribution in [0.25, 0.3) is 0 Å². The van der Waals surface area contributed by atoms with Crippen molar-refractivity contribution >= 4 is 12.1 Å². The predicted octanol–water partition coefficient (Wildman–Crippen LogP) is 0.462. The number of carbonyl (C=O) groups excluding carboxylic acids is 2. The molecule has 0 N–H and O–H groups in total. The second-order valence-corrected chi connectivity index (χ2v) is 10.2. The highest BCUT2D eigenvalue weighted by atomic mass is 16.2. The van der Waals surface area contributed by atoms with Crippen LogP contribution in [0.15, 0.2) is 0 Å². The number of urea groups is 2. The van der Waals surface area contributed by atoms with E-state index in [-0.39, 0.29) is 12.1 Å². The zero-order chi connectivity index (χ0) is 20.7. The number of nitrogens with zero attached hydrogens (tertiary/aromatic N) is 8. The summed E-state index contributed by atoms with van der Waals surface area (Å²) in [5.74, 6) is 0. The van der Waals surface area contributed by atoms with Gasteiger partial charge >= 0.3 is 12.1 Å². The maximum atomic E-state index is 13.9. The molecule has 0 aromatic rings. The zero-order valence-corrected chi connectivity index (χ0v) is 18.3. The zero-order valence-electron chi connectivity index (χ0n) is 18.3. The second kappa shape index (κ2) is 6.44. The molecule has 6 heterocycles. The Bertz CT molecular complexity index is 651. The quantitative estimate of drug-likeness (QED) is 0.570. The lowest BCUT2D eigenvalue weighted by Gasteiger charge is -2.50. The van der Waals surface area contributed by atoms with Crippen molar-refractivity contribution in [1.29, 1.82) is 0 Å². The number of hydrogen-bond donors (Lipinski definition) is 0. The van der Waals surface area contributed by atoms with Gasteiger partial charge in [0.05, 0.1) is 40.0 Å². The van der Waals surface area contributed by atoms with E-state index < -0.39 is 11.3 Å². The first-order valence-electron chi connectivity index (χ1n) is 11.5. The summed E-state index contributed by atoms with van der Waals surface area (Å²) in [5.41, 5.74) is -1.38. The van der Waals surface area contributed by atoms with Gasteiger partial charge in [-0.05, 0) is 39.5 Å². The monoisotopic (exact) mass is 418 g/mol. The number of fused-ring (bicyclic) bond motifs is 4. The van der Waals surface area contributed by atoms with Gasteiger partial charge in [-0.2, -0.15) is 0 Å². The highest BCUT2D eigenvalue weighted by Gasteiger charge is 2.75. The van der Waals surface area contributed by atoms with Crippen LogP contribution in [0.3, 0.4) is 0 Å². The van der Waals surface area contributed by atoms with Gasteiger partial charge in [0.2, 0.25) is 0 Å². The van der Waals surface area contributed by atoms with Crippen molar-refractivity contribution < 1.29 is 9.59 Å². The van der Waals surface area contributed by atoms with Crippen LogP contribution >= 0.6 is 0 Å². The molecular weight excluding hydrogens is 384 g/mol. The van der Waals surface area contributed by atoms with E-state index in [4.69, 9.17) is 0 Å². The lowest BCUT2D eigenvalue weighted by atomic mass is 9.95. The molecule has 166 valence electrons. The van der Waals surface area contributed by atoms with Gasteiger partial charge < -0.3 is 0 Å². The SMILES string of the molecule is CC12N3CN4CCCCN(C4)CN1C(=O)N1CN4CCCCN(C4)CN(C3=O)C12C. The summed E-state index contributed by atoms with van der Waals surface area (Å²) in [7, 11) is 0. The fraction of sp³-hybridized carbons (Fsp3) is 0.900. The molecule has 10 nitrogen and oxygen atoms in total. The van der Waals surface area contributed by atoms with Gasteiger partial charge in [-0.3, -0.25) is 39.2 Å². The summed E-state index contributed by atoms with van der Waals surface area (Å²) in [4.78, 5) is 45.3. The van der Waals surface area contributed by atoms with Crippen LogP contribution in [0.2, 0.25) is 0 Å². The van der Waals surface area contributed by atoms with Gasteiger partial charge in [0.15, 0.2) is 11.3 Å². The van der Waals surface area contributed by atoms with Crippen LogP contribution in [0.1, 0.15) is 39.5 Å². The van der Waals surface area contributed by atoms with Gasteiger partial charge in [-0.15, -0.1) is 0 Å². The first-order chi connectivity index (χ1) is 14.4. The molecule has 0 aliphatic carbocycles. The van der Waals surface area contributed by atoms with Crippen LogP contribution in [0.4, 0.5) is 9.59 Å². The molecule has 0 aromatic carbocycles. The maximum absolute atomic E-state index is 13.9. The molecule has 10 heteroatoms. The van der Waals surface area contributed by atoms with E-state index in [0.717, 1.165) is 65.2 Å². The average molecular weight is 419 g/mol. The first kappa shape index (κ1) is 19.1. The van der Waals surface area contributed by atoms with Crippen LogP contribution in [0, 0.1) is 0 Å². The second-order valence-electron chi connectivity index (χ2n) is 10.2. The molecule has 6 fully saturated rings. The third-order valence-electron chi connectivity index (χ3n) is 8.49. The number of hydrogen-bond acceptors (Lipinski definition) is 6. The lowest BCUT2D eigenvalue weighted by molar-refractivity contribution is -0.111. The van der Waals surface area contributed by atoms with Crippen molar-refractivity contribution in [3.8, 4) is 0 Å². The fourth-order valence-electron chi connectivity index (χ4n) is 6.60. The molecule has 0 spiro atoms.